The van der Waals surface area contributed by atoms with Crippen LogP contribution in [-0.2, 0) is 0 Å². The minimum atomic E-state index is 0.885. The Balaban J connectivity index is 1.23. The lowest BCUT2D eigenvalue weighted by atomic mass is 9.92. The maximum atomic E-state index is 6.67. The fraction of sp³-hybridized carbons (Fsp3) is 0. The summed E-state index contributed by atoms with van der Waals surface area (Å²) in [6.07, 6.45) is 0. The second kappa shape index (κ2) is 10.8. The molecule has 3 nitrogen and oxygen atoms in total. The van der Waals surface area contributed by atoms with Gasteiger partial charge in [-0.15, -0.1) is 0 Å². The minimum Gasteiger partial charge on any atom is -0.456 e. The van der Waals surface area contributed by atoms with Gasteiger partial charge in [0.25, 0.3) is 0 Å². The molecule has 51 heavy (non-hydrogen) atoms. The number of nitrogens with zero attached hydrogens (tertiary/aromatic N) is 2. The maximum absolute atomic E-state index is 6.67. The highest BCUT2D eigenvalue weighted by Crippen LogP contribution is 2.45. The van der Waals surface area contributed by atoms with Gasteiger partial charge in [-0.2, -0.15) is 0 Å². The van der Waals surface area contributed by atoms with Gasteiger partial charge in [0.1, 0.15) is 11.2 Å². The van der Waals surface area contributed by atoms with E-state index in [0.717, 1.165) is 50.0 Å². The molecule has 0 atom stereocenters. The first-order chi connectivity index (χ1) is 25.3. The molecule has 0 aliphatic rings. The standard InChI is InChI=1S/C48H30N2O/c1-3-14-33(15-4-1)49-42-23-11-8-19-38(42)47-35(21-13-24-43(47)49)32-28-40(48-39-20-9-12-25-45(39)51-46(48)30-32)31-26-27-37-36-18-7-10-22-41(36)50(44(37)29-31)34-16-5-2-6-17-34/h1-30H. The van der Waals surface area contributed by atoms with Crippen LogP contribution in [0.1, 0.15) is 0 Å². The lowest BCUT2D eigenvalue weighted by molar-refractivity contribution is 0.669. The van der Waals surface area contributed by atoms with Gasteiger partial charge < -0.3 is 13.6 Å². The molecule has 0 radical (unpaired) electrons. The Kier molecular flexibility index (Phi) is 5.96. The van der Waals surface area contributed by atoms with Crippen molar-refractivity contribution >= 4 is 65.6 Å². The highest BCUT2D eigenvalue weighted by atomic mass is 16.3. The van der Waals surface area contributed by atoms with Crippen molar-refractivity contribution in [2.24, 2.45) is 0 Å². The van der Waals surface area contributed by atoms with Crippen molar-refractivity contribution < 1.29 is 4.42 Å². The summed E-state index contributed by atoms with van der Waals surface area (Å²) in [4.78, 5) is 0. The summed E-state index contributed by atoms with van der Waals surface area (Å²) in [5.74, 6) is 0. The van der Waals surface area contributed by atoms with Crippen LogP contribution in [0.2, 0.25) is 0 Å². The fourth-order valence-electron chi connectivity index (χ4n) is 8.35. The molecule has 11 rings (SSSR count). The first-order valence-corrected chi connectivity index (χ1v) is 17.4. The quantitative estimate of drug-likeness (QED) is 0.186. The average molecular weight is 651 g/mol. The summed E-state index contributed by atoms with van der Waals surface area (Å²) >= 11 is 0. The molecule has 0 fully saturated rings. The van der Waals surface area contributed by atoms with Crippen molar-refractivity contribution in [2.75, 3.05) is 0 Å². The van der Waals surface area contributed by atoms with E-state index in [-0.39, 0.29) is 0 Å². The fourth-order valence-corrected chi connectivity index (χ4v) is 8.35. The van der Waals surface area contributed by atoms with Crippen molar-refractivity contribution in [1.29, 1.82) is 0 Å². The largest absolute Gasteiger partial charge is 0.456 e. The molecule has 3 heterocycles. The number of hydrogen-bond acceptors (Lipinski definition) is 1. The number of para-hydroxylation sites is 5. The molecule has 0 N–H and O–H groups in total. The summed E-state index contributed by atoms with van der Waals surface area (Å²) in [7, 11) is 0. The lowest BCUT2D eigenvalue weighted by Gasteiger charge is -2.12. The Morgan fingerprint density at radius 3 is 1.67 bits per heavy atom. The average Bonchev–Trinajstić information content (AvgIpc) is 3.85. The third kappa shape index (κ3) is 4.12. The van der Waals surface area contributed by atoms with Gasteiger partial charge in [-0.3, -0.25) is 0 Å². The van der Waals surface area contributed by atoms with E-state index < -0.39 is 0 Å². The molecule has 0 unspecified atom stereocenters. The molecule has 3 aromatic heterocycles. The van der Waals surface area contributed by atoms with Gasteiger partial charge in [0.05, 0.1) is 22.1 Å². The molecule has 0 amide bonds. The van der Waals surface area contributed by atoms with Crippen LogP contribution in [0.4, 0.5) is 0 Å². The van der Waals surface area contributed by atoms with E-state index in [1.165, 1.54) is 49.2 Å². The summed E-state index contributed by atoms with van der Waals surface area (Å²) < 4.78 is 11.4. The van der Waals surface area contributed by atoms with E-state index in [4.69, 9.17) is 4.42 Å². The molecule has 0 saturated heterocycles. The number of rotatable bonds is 4. The predicted molar refractivity (Wildman–Crippen MR) is 213 cm³/mol. The summed E-state index contributed by atoms with van der Waals surface area (Å²) in [6, 6.07) is 65.4. The molecule has 238 valence electrons. The van der Waals surface area contributed by atoms with Gasteiger partial charge in [-0.05, 0) is 89.0 Å². The van der Waals surface area contributed by atoms with Crippen LogP contribution in [0.15, 0.2) is 186 Å². The topological polar surface area (TPSA) is 23.0 Å². The Morgan fingerprint density at radius 1 is 0.314 bits per heavy atom. The molecular formula is C48H30N2O. The summed E-state index contributed by atoms with van der Waals surface area (Å²) in [5.41, 5.74) is 13.4. The SMILES string of the molecule is c1ccc(-n2c3ccccc3c3ccc(-c4cc(-c5cccc6c5c5ccccc5n6-c5ccccc5)cc5oc6ccccc6c45)cc32)cc1. The van der Waals surface area contributed by atoms with Crippen LogP contribution in [0, 0.1) is 0 Å². The minimum absolute atomic E-state index is 0.885. The molecule has 0 aliphatic carbocycles. The number of furan rings is 1. The molecular weight excluding hydrogens is 621 g/mol. The molecule has 0 bridgehead atoms. The van der Waals surface area contributed by atoms with Crippen LogP contribution in [0.5, 0.6) is 0 Å². The van der Waals surface area contributed by atoms with Crippen molar-refractivity contribution in [2.45, 2.75) is 0 Å². The summed E-state index contributed by atoms with van der Waals surface area (Å²) in [6.45, 7) is 0. The van der Waals surface area contributed by atoms with Gasteiger partial charge in [0.15, 0.2) is 0 Å². The molecule has 0 saturated carbocycles. The normalized spacial score (nSPS) is 11.9. The first kappa shape index (κ1) is 28.0. The molecule has 3 heteroatoms. The highest BCUT2D eigenvalue weighted by Gasteiger charge is 2.21. The molecule has 8 aromatic carbocycles. The zero-order chi connectivity index (χ0) is 33.5. The van der Waals surface area contributed by atoms with Gasteiger partial charge in [0.2, 0.25) is 0 Å². The van der Waals surface area contributed by atoms with Crippen LogP contribution in [-0.4, -0.2) is 9.13 Å². The Labute approximate surface area is 293 Å². The monoisotopic (exact) mass is 650 g/mol. The highest BCUT2D eigenvalue weighted by molar-refractivity contribution is 6.19. The van der Waals surface area contributed by atoms with Crippen LogP contribution < -0.4 is 0 Å². The third-order valence-electron chi connectivity index (χ3n) is 10.5. The van der Waals surface area contributed by atoms with Crippen molar-refractivity contribution in [3.63, 3.8) is 0 Å². The molecule has 11 aromatic rings. The zero-order valence-corrected chi connectivity index (χ0v) is 27.6. The molecule has 0 aliphatic heterocycles. The lowest BCUT2D eigenvalue weighted by Crippen LogP contribution is -1.93. The first-order valence-electron chi connectivity index (χ1n) is 17.4. The van der Waals surface area contributed by atoms with E-state index in [2.05, 4.69) is 191 Å². The van der Waals surface area contributed by atoms with E-state index in [0.29, 0.717) is 0 Å². The zero-order valence-electron chi connectivity index (χ0n) is 27.6. The van der Waals surface area contributed by atoms with Gasteiger partial charge in [-0.25, -0.2) is 0 Å². The number of fused-ring (bicyclic) bond motifs is 9. The van der Waals surface area contributed by atoms with Crippen LogP contribution in [0.3, 0.4) is 0 Å². The van der Waals surface area contributed by atoms with Gasteiger partial charge >= 0.3 is 0 Å². The second-order valence-electron chi connectivity index (χ2n) is 13.3. The van der Waals surface area contributed by atoms with Crippen molar-refractivity contribution in [3.8, 4) is 33.6 Å². The number of benzene rings is 8. The number of hydrogen-bond donors (Lipinski definition) is 0. The van der Waals surface area contributed by atoms with E-state index in [9.17, 15) is 0 Å². The Hall–Kier alpha value is -6.84. The number of aromatic nitrogens is 2. The second-order valence-corrected chi connectivity index (χ2v) is 13.3. The van der Waals surface area contributed by atoms with E-state index in [1.54, 1.807) is 0 Å². The van der Waals surface area contributed by atoms with E-state index in [1.807, 2.05) is 0 Å². The molecule has 0 spiro atoms. The van der Waals surface area contributed by atoms with Gasteiger partial charge in [0, 0.05) is 43.7 Å². The third-order valence-corrected chi connectivity index (χ3v) is 10.5. The van der Waals surface area contributed by atoms with Crippen molar-refractivity contribution in [3.05, 3.63) is 182 Å². The smallest absolute Gasteiger partial charge is 0.136 e. The summed E-state index contributed by atoms with van der Waals surface area (Å²) in [5, 5.41) is 7.20. The van der Waals surface area contributed by atoms with Crippen molar-refractivity contribution in [1.82, 2.24) is 9.13 Å². The van der Waals surface area contributed by atoms with Crippen LogP contribution in [0.25, 0.3) is 99.2 Å². The maximum Gasteiger partial charge on any atom is 0.136 e. The van der Waals surface area contributed by atoms with E-state index >= 15 is 0 Å². The van der Waals surface area contributed by atoms with Gasteiger partial charge in [-0.1, -0.05) is 115 Å². The Morgan fingerprint density at radius 2 is 0.902 bits per heavy atom. The van der Waals surface area contributed by atoms with Crippen LogP contribution >= 0.6 is 0 Å². The Bertz CT molecular complexity index is 3130. The predicted octanol–water partition coefficient (Wildman–Crippen LogP) is 13.1.